The summed E-state index contributed by atoms with van der Waals surface area (Å²) in [6, 6.07) is 10.6. The van der Waals surface area contributed by atoms with Crippen LogP contribution in [-0.4, -0.2) is 42.6 Å². The van der Waals surface area contributed by atoms with Crippen LogP contribution in [0.25, 0.3) is 0 Å². The first-order chi connectivity index (χ1) is 11.3. The number of nitrogens with zero attached hydrogens (tertiary/aromatic N) is 1. The van der Waals surface area contributed by atoms with Crippen LogP contribution in [0.3, 0.4) is 0 Å². The Balaban J connectivity index is 1.28. The first-order valence-corrected chi connectivity index (χ1v) is 8.97. The normalized spacial score (nSPS) is 30.9. The highest BCUT2D eigenvalue weighted by atomic mass is 16.5. The number of piperidine rings is 1. The van der Waals surface area contributed by atoms with E-state index in [-0.39, 0.29) is 18.1 Å². The summed E-state index contributed by atoms with van der Waals surface area (Å²) in [4.78, 5) is 14.7. The van der Waals surface area contributed by atoms with Crippen LogP contribution in [0.5, 0.6) is 0 Å². The molecule has 4 rings (SSSR count). The summed E-state index contributed by atoms with van der Waals surface area (Å²) in [6.07, 6.45) is 4.59. The molecule has 3 atom stereocenters. The lowest BCUT2D eigenvalue weighted by Gasteiger charge is -2.34. The van der Waals surface area contributed by atoms with Gasteiger partial charge in [-0.15, -0.1) is 0 Å². The number of carbonyl (C=O) groups is 1. The van der Waals surface area contributed by atoms with E-state index in [4.69, 9.17) is 4.74 Å². The minimum atomic E-state index is -0.222. The summed E-state index contributed by atoms with van der Waals surface area (Å²) in [6.45, 7) is 3.88. The summed E-state index contributed by atoms with van der Waals surface area (Å²) in [5.41, 5.74) is 1.35. The van der Waals surface area contributed by atoms with Crippen LogP contribution in [-0.2, 0) is 16.1 Å². The number of fused-ring (bicyclic) bond motifs is 1. The Morgan fingerprint density at radius 3 is 2.83 bits per heavy atom. The first kappa shape index (κ1) is 15.2. The molecule has 1 aliphatic carbocycles. The number of rotatable bonds is 5. The molecule has 124 valence electrons. The zero-order valence-corrected chi connectivity index (χ0v) is 13.6. The van der Waals surface area contributed by atoms with Crippen molar-refractivity contribution in [1.82, 2.24) is 10.2 Å². The van der Waals surface area contributed by atoms with Crippen molar-refractivity contribution < 1.29 is 9.53 Å². The number of likely N-dealkylation sites (tertiary alicyclic amines) is 1. The van der Waals surface area contributed by atoms with Crippen molar-refractivity contribution in [2.75, 3.05) is 19.6 Å². The van der Waals surface area contributed by atoms with Gasteiger partial charge in [-0.2, -0.15) is 0 Å². The molecular weight excluding hydrogens is 288 g/mol. The SMILES string of the molecule is O=C(NCC1CC1)[C@H]1C[C@@H]2CCN(Cc3ccccc3)C[C@H]2O1. The van der Waals surface area contributed by atoms with Crippen molar-refractivity contribution in [3.8, 4) is 0 Å². The highest BCUT2D eigenvalue weighted by Crippen LogP contribution is 2.34. The molecule has 2 aliphatic heterocycles. The molecule has 1 aromatic carbocycles. The van der Waals surface area contributed by atoms with Crippen molar-refractivity contribution in [1.29, 1.82) is 0 Å². The van der Waals surface area contributed by atoms with E-state index >= 15 is 0 Å². The zero-order chi connectivity index (χ0) is 15.6. The Bertz CT molecular complexity index is 544. The molecule has 0 bridgehead atoms. The summed E-state index contributed by atoms with van der Waals surface area (Å²) in [5.74, 6) is 1.39. The molecule has 1 N–H and O–H groups in total. The van der Waals surface area contributed by atoms with Crippen LogP contribution < -0.4 is 5.32 Å². The third-order valence-electron chi connectivity index (χ3n) is 5.44. The van der Waals surface area contributed by atoms with E-state index in [1.807, 2.05) is 0 Å². The second-order valence-electron chi connectivity index (χ2n) is 7.36. The van der Waals surface area contributed by atoms with Crippen molar-refractivity contribution in [2.45, 2.75) is 44.4 Å². The molecule has 3 fully saturated rings. The smallest absolute Gasteiger partial charge is 0.249 e. The molecule has 1 saturated carbocycles. The Labute approximate surface area is 138 Å². The van der Waals surface area contributed by atoms with Gasteiger partial charge < -0.3 is 10.1 Å². The van der Waals surface area contributed by atoms with Crippen molar-refractivity contribution >= 4 is 5.91 Å². The fraction of sp³-hybridized carbons (Fsp3) is 0.632. The average Bonchev–Trinajstić information content (AvgIpc) is 3.31. The fourth-order valence-corrected chi connectivity index (χ4v) is 3.83. The highest BCUT2D eigenvalue weighted by Gasteiger charge is 2.41. The number of hydrogen-bond donors (Lipinski definition) is 1. The van der Waals surface area contributed by atoms with Crippen molar-refractivity contribution in [3.05, 3.63) is 35.9 Å². The van der Waals surface area contributed by atoms with Gasteiger partial charge in [-0.05, 0) is 49.6 Å². The number of carbonyl (C=O) groups excluding carboxylic acids is 1. The number of amides is 1. The zero-order valence-electron chi connectivity index (χ0n) is 13.6. The van der Waals surface area contributed by atoms with Crippen molar-refractivity contribution in [2.24, 2.45) is 11.8 Å². The summed E-state index contributed by atoms with van der Waals surface area (Å²) in [5, 5.41) is 3.07. The van der Waals surface area contributed by atoms with Crippen LogP contribution >= 0.6 is 0 Å². The monoisotopic (exact) mass is 314 g/mol. The molecule has 0 aromatic heterocycles. The maximum absolute atomic E-state index is 12.2. The van der Waals surface area contributed by atoms with E-state index in [0.29, 0.717) is 5.92 Å². The van der Waals surface area contributed by atoms with Crippen LogP contribution in [0.4, 0.5) is 0 Å². The Hall–Kier alpha value is -1.39. The molecule has 0 spiro atoms. The topological polar surface area (TPSA) is 41.6 Å². The molecule has 3 aliphatic rings. The molecule has 2 heterocycles. The van der Waals surface area contributed by atoms with E-state index in [9.17, 15) is 4.79 Å². The molecule has 1 aromatic rings. The van der Waals surface area contributed by atoms with E-state index in [2.05, 4.69) is 40.5 Å². The number of benzene rings is 1. The summed E-state index contributed by atoms with van der Waals surface area (Å²) in [7, 11) is 0. The third-order valence-corrected chi connectivity index (χ3v) is 5.44. The molecule has 1 amide bonds. The van der Waals surface area contributed by atoms with Crippen LogP contribution in [0.2, 0.25) is 0 Å². The van der Waals surface area contributed by atoms with Gasteiger partial charge in [-0.3, -0.25) is 9.69 Å². The standard InChI is InChI=1S/C19H26N2O2/c22-19(20-11-14-6-7-14)17-10-16-8-9-21(13-18(16)23-17)12-15-4-2-1-3-5-15/h1-5,14,16-18H,6-13H2,(H,20,22)/t16-,17+,18+/m0/s1. The maximum atomic E-state index is 12.2. The molecule has 0 unspecified atom stereocenters. The molecular formula is C19H26N2O2. The molecule has 4 heteroatoms. The van der Waals surface area contributed by atoms with E-state index in [1.54, 1.807) is 0 Å². The Kier molecular flexibility index (Phi) is 4.36. The second-order valence-corrected chi connectivity index (χ2v) is 7.36. The molecule has 2 saturated heterocycles. The summed E-state index contributed by atoms with van der Waals surface area (Å²) < 4.78 is 6.09. The molecule has 23 heavy (non-hydrogen) atoms. The lowest BCUT2D eigenvalue weighted by molar-refractivity contribution is -0.132. The minimum Gasteiger partial charge on any atom is -0.364 e. The van der Waals surface area contributed by atoms with Gasteiger partial charge in [0.05, 0.1) is 6.10 Å². The number of nitrogens with one attached hydrogen (secondary N) is 1. The highest BCUT2D eigenvalue weighted by molar-refractivity contribution is 5.81. The van der Waals surface area contributed by atoms with Gasteiger partial charge in [0.1, 0.15) is 6.10 Å². The lowest BCUT2D eigenvalue weighted by atomic mass is 9.91. The number of hydrogen-bond acceptors (Lipinski definition) is 3. The van der Waals surface area contributed by atoms with Gasteiger partial charge in [0.15, 0.2) is 0 Å². The molecule has 4 nitrogen and oxygen atoms in total. The maximum Gasteiger partial charge on any atom is 0.249 e. The van der Waals surface area contributed by atoms with E-state index in [1.165, 1.54) is 18.4 Å². The molecule has 0 radical (unpaired) electrons. The Morgan fingerprint density at radius 2 is 2.04 bits per heavy atom. The van der Waals surface area contributed by atoms with Gasteiger partial charge in [0.2, 0.25) is 5.91 Å². The van der Waals surface area contributed by atoms with Crippen molar-refractivity contribution in [3.63, 3.8) is 0 Å². The minimum absolute atomic E-state index is 0.112. The largest absolute Gasteiger partial charge is 0.364 e. The second kappa shape index (κ2) is 6.62. The third kappa shape index (κ3) is 3.75. The van der Waals surface area contributed by atoms with Crippen LogP contribution in [0.15, 0.2) is 30.3 Å². The quantitative estimate of drug-likeness (QED) is 0.906. The van der Waals surface area contributed by atoms with Gasteiger partial charge in [0.25, 0.3) is 0 Å². The van der Waals surface area contributed by atoms with E-state index in [0.717, 1.165) is 44.9 Å². The van der Waals surface area contributed by atoms with Crippen LogP contribution in [0, 0.1) is 11.8 Å². The van der Waals surface area contributed by atoms with E-state index < -0.39 is 0 Å². The predicted molar refractivity (Wildman–Crippen MR) is 88.8 cm³/mol. The Morgan fingerprint density at radius 1 is 1.22 bits per heavy atom. The van der Waals surface area contributed by atoms with Crippen LogP contribution in [0.1, 0.15) is 31.2 Å². The average molecular weight is 314 g/mol. The van der Waals surface area contributed by atoms with Gasteiger partial charge >= 0.3 is 0 Å². The summed E-state index contributed by atoms with van der Waals surface area (Å²) >= 11 is 0. The van der Waals surface area contributed by atoms with Gasteiger partial charge in [0, 0.05) is 19.6 Å². The van der Waals surface area contributed by atoms with Gasteiger partial charge in [-0.25, -0.2) is 0 Å². The van der Waals surface area contributed by atoms with Gasteiger partial charge in [-0.1, -0.05) is 30.3 Å². The number of ether oxygens (including phenoxy) is 1. The fourth-order valence-electron chi connectivity index (χ4n) is 3.83. The predicted octanol–water partition coefficient (Wildman–Crippen LogP) is 2.19. The first-order valence-electron chi connectivity index (χ1n) is 8.97. The lowest BCUT2D eigenvalue weighted by Crippen LogP contribution is -2.42.